The summed E-state index contributed by atoms with van der Waals surface area (Å²) >= 11 is 1.13. The third kappa shape index (κ3) is 2.90. The van der Waals surface area contributed by atoms with Crippen molar-refractivity contribution in [3.05, 3.63) is 0 Å². The van der Waals surface area contributed by atoms with Crippen LogP contribution in [0.25, 0.3) is 0 Å². The van der Waals surface area contributed by atoms with Crippen molar-refractivity contribution in [2.75, 3.05) is 6.61 Å². The first-order valence-corrected chi connectivity index (χ1v) is 4.40. The van der Waals surface area contributed by atoms with E-state index in [-0.39, 0.29) is 0 Å². The largest absolute Gasteiger partial charge is 0.289 e. The lowest BCUT2D eigenvalue weighted by Gasteiger charge is -2.06. The summed E-state index contributed by atoms with van der Waals surface area (Å²) in [6.45, 7) is 5.21. The third-order valence-corrected chi connectivity index (χ3v) is 2.13. The van der Waals surface area contributed by atoms with Gasteiger partial charge in [-0.3, -0.25) is 8.37 Å². The molecule has 0 radical (unpaired) electrons. The summed E-state index contributed by atoms with van der Waals surface area (Å²) in [5, 5.41) is 0. The summed E-state index contributed by atoms with van der Waals surface area (Å²) in [5.74, 6) is 0.772. The fourth-order valence-electron chi connectivity index (χ4n) is 0.865. The third-order valence-electron chi connectivity index (χ3n) is 1.54. The van der Waals surface area contributed by atoms with E-state index in [9.17, 15) is 0 Å². The van der Waals surface area contributed by atoms with E-state index in [1.807, 2.05) is 0 Å². The monoisotopic (exact) mass is 162 g/mol. The van der Waals surface area contributed by atoms with Gasteiger partial charge in [0.05, 0.1) is 12.7 Å². The molecule has 1 saturated heterocycles. The molecule has 10 heavy (non-hydrogen) atoms. The van der Waals surface area contributed by atoms with Gasteiger partial charge in [-0.2, -0.15) is 0 Å². The minimum Gasteiger partial charge on any atom is -0.289 e. The average molecular weight is 162 g/mol. The molecule has 0 aromatic rings. The molecular weight excluding hydrogens is 148 g/mol. The Balaban J connectivity index is 2.01. The molecule has 0 amide bonds. The molecule has 0 bridgehead atoms. The lowest BCUT2D eigenvalue weighted by atomic mass is 10.1. The Morgan fingerprint density at radius 3 is 2.90 bits per heavy atom. The zero-order valence-corrected chi connectivity index (χ0v) is 7.32. The normalized spacial score (nSPS) is 26.1. The second-order valence-electron chi connectivity index (χ2n) is 3.04. The topological polar surface area (TPSA) is 18.5 Å². The first kappa shape index (κ1) is 8.37. The molecule has 0 saturated carbocycles. The lowest BCUT2D eigenvalue weighted by molar-refractivity contribution is 0.219. The minimum absolute atomic E-state index is 0.340. The number of rotatable bonds is 3. The Bertz CT molecular complexity index is 89.6. The fraction of sp³-hybridized carbons (Fsp3) is 1.00. The Labute approximate surface area is 66.7 Å². The van der Waals surface area contributed by atoms with Gasteiger partial charge in [0.15, 0.2) is 12.3 Å². The molecule has 1 unspecified atom stereocenters. The second kappa shape index (κ2) is 4.21. The second-order valence-corrected chi connectivity index (χ2v) is 3.61. The van der Waals surface area contributed by atoms with E-state index in [1.165, 1.54) is 6.42 Å². The van der Waals surface area contributed by atoms with Gasteiger partial charge in [-0.1, -0.05) is 13.8 Å². The summed E-state index contributed by atoms with van der Waals surface area (Å²) in [6, 6.07) is 0. The van der Waals surface area contributed by atoms with E-state index >= 15 is 0 Å². The Morgan fingerprint density at radius 1 is 1.60 bits per heavy atom. The molecule has 0 N–H and O–H groups in total. The van der Waals surface area contributed by atoms with Gasteiger partial charge in [0.25, 0.3) is 0 Å². The standard InChI is InChI=1S/C7H14O2S/c1-6(2)3-4-7-5-8-10-9-7/h6-7H,3-5H2,1-2H3. The molecule has 1 atom stereocenters. The van der Waals surface area contributed by atoms with E-state index in [1.54, 1.807) is 0 Å². The first-order chi connectivity index (χ1) is 4.79. The molecule has 0 aliphatic carbocycles. The van der Waals surface area contributed by atoms with Crippen molar-refractivity contribution < 1.29 is 8.37 Å². The molecule has 1 heterocycles. The Kier molecular flexibility index (Phi) is 3.52. The zero-order valence-electron chi connectivity index (χ0n) is 6.50. The fourth-order valence-corrected chi connectivity index (χ4v) is 1.39. The van der Waals surface area contributed by atoms with Gasteiger partial charge in [0.1, 0.15) is 0 Å². The zero-order chi connectivity index (χ0) is 7.40. The van der Waals surface area contributed by atoms with Gasteiger partial charge in [0, 0.05) is 0 Å². The molecule has 0 aromatic heterocycles. The van der Waals surface area contributed by atoms with E-state index in [0.29, 0.717) is 6.10 Å². The van der Waals surface area contributed by atoms with Crippen molar-refractivity contribution in [3.63, 3.8) is 0 Å². The molecule has 3 heteroatoms. The van der Waals surface area contributed by atoms with Crippen LogP contribution in [0.5, 0.6) is 0 Å². The summed E-state index contributed by atoms with van der Waals surface area (Å²) in [7, 11) is 0. The van der Waals surface area contributed by atoms with E-state index in [2.05, 4.69) is 13.8 Å². The molecule has 0 aromatic carbocycles. The van der Waals surface area contributed by atoms with Gasteiger partial charge >= 0.3 is 0 Å². The quantitative estimate of drug-likeness (QED) is 0.594. The molecule has 2 nitrogen and oxygen atoms in total. The predicted molar refractivity (Wildman–Crippen MR) is 42.5 cm³/mol. The SMILES string of the molecule is CC(C)CCC1COSO1. The maximum Gasteiger partial charge on any atom is 0.159 e. The summed E-state index contributed by atoms with van der Waals surface area (Å²) in [6.07, 6.45) is 2.70. The highest BCUT2D eigenvalue weighted by molar-refractivity contribution is 7.90. The van der Waals surface area contributed by atoms with Crippen LogP contribution < -0.4 is 0 Å². The van der Waals surface area contributed by atoms with Crippen molar-refractivity contribution in [2.45, 2.75) is 32.8 Å². The summed E-state index contributed by atoms with van der Waals surface area (Å²) in [5.41, 5.74) is 0. The molecule has 1 aliphatic rings. The maximum atomic E-state index is 5.20. The van der Waals surface area contributed by atoms with Gasteiger partial charge in [0.2, 0.25) is 0 Å². The van der Waals surface area contributed by atoms with Gasteiger partial charge < -0.3 is 0 Å². The van der Waals surface area contributed by atoms with Crippen molar-refractivity contribution >= 4 is 12.3 Å². The highest BCUT2D eigenvalue weighted by atomic mass is 32.2. The minimum atomic E-state index is 0.340. The maximum absolute atomic E-state index is 5.20. The highest BCUT2D eigenvalue weighted by Crippen LogP contribution is 2.23. The van der Waals surface area contributed by atoms with Crippen LogP contribution in [0.15, 0.2) is 0 Å². The van der Waals surface area contributed by atoms with Crippen molar-refractivity contribution in [1.82, 2.24) is 0 Å². The van der Waals surface area contributed by atoms with Crippen molar-refractivity contribution in [1.29, 1.82) is 0 Å². The van der Waals surface area contributed by atoms with Gasteiger partial charge in [-0.05, 0) is 18.8 Å². The van der Waals surface area contributed by atoms with E-state index in [0.717, 1.165) is 31.3 Å². The van der Waals surface area contributed by atoms with Crippen molar-refractivity contribution in [3.8, 4) is 0 Å². The van der Waals surface area contributed by atoms with E-state index in [4.69, 9.17) is 8.37 Å². The van der Waals surface area contributed by atoms with Crippen LogP contribution in [-0.4, -0.2) is 12.7 Å². The van der Waals surface area contributed by atoms with Crippen LogP contribution >= 0.6 is 12.3 Å². The number of hydrogen-bond donors (Lipinski definition) is 0. The Hall–Kier alpha value is 0.270. The molecule has 0 spiro atoms. The van der Waals surface area contributed by atoms with Crippen LogP contribution in [0.4, 0.5) is 0 Å². The summed E-state index contributed by atoms with van der Waals surface area (Å²) < 4.78 is 10.2. The van der Waals surface area contributed by atoms with Crippen LogP contribution in [0.1, 0.15) is 26.7 Å². The highest BCUT2D eigenvalue weighted by Gasteiger charge is 2.17. The van der Waals surface area contributed by atoms with Crippen LogP contribution in [0.3, 0.4) is 0 Å². The molecule has 1 aliphatic heterocycles. The van der Waals surface area contributed by atoms with Crippen molar-refractivity contribution in [2.24, 2.45) is 5.92 Å². The Morgan fingerprint density at radius 2 is 2.40 bits per heavy atom. The molecule has 1 rings (SSSR count). The molecular formula is C7H14O2S. The average Bonchev–Trinajstić information content (AvgIpc) is 2.34. The lowest BCUT2D eigenvalue weighted by Crippen LogP contribution is -2.09. The van der Waals surface area contributed by atoms with Gasteiger partial charge in [-0.25, -0.2) is 0 Å². The first-order valence-electron chi connectivity index (χ1n) is 3.74. The summed E-state index contributed by atoms with van der Waals surface area (Å²) in [4.78, 5) is 0. The van der Waals surface area contributed by atoms with Crippen LogP contribution in [0, 0.1) is 5.92 Å². The van der Waals surface area contributed by atoms with Crippen LogP contribution in [-0.2, 0) is 8.37 Å². The van der Waals surface area contributed by atoms with E-state index < -0.39 is 0 Å². The predicted octanol–water partition coefficient (Wildman–Crippen LogP) is 2.40. The van der Waals surface area contributed by atoms with Gasteiger partial charge in [-0.15, -0.1) is 0 Å². The van der Waals surface area contributed by atoms with Crippen LogP contribution in [0.2, 0.25) is 0 Å². The number of hydrogen-bond acceptors (Lipinski definition) is 3. The molecule has 1 fully saturated rings. The smallest absolute Gasteiger partial charge is 0.159 e. The molecule has 60 valence electrons.